The fourth-order valence-electron chi connectivity index (χ4n) is 1.80. The predicted octanol–water partition coefficient (Wildman–Crippen LogP) is 2.47. The Morgan fingerprint density at radius 2 is 1.95 bits per heavy atom. The molecular weight excluding hydrogens is 318 g/mol. The number of anilines is 1. The number of hydrogen-bond acceptors (Lipinski definition) is 4. The topological polar surface area (TPSA) is 78.9 Å². The van der Waals surface area contributed by atoms with Gasteiger partial charge in [0.15, 0.2) is 0 Å². The van der Waals surface area contributed by atoms with Crippen molar-refractivity contribution in [2.45, 2.75) is 13.5 Å². The number of nitrogens with zero attached hydrogens (tertiary/aromatic N) is 3. The van der Waals surface area contributed by atoms with Crippen LogP contribution in [0, 0.1) is 12.3 Å². The second-order valence-corrected chi connectivity index (χ2v) is 5.51. The highest BCUT2D eigenvalue weighted by molar-refractivity contribution is 9.10. The van der Waals surface area contributed by atoms with E-state index in [1.807, 2.05) is 43.1 Å². The molecule has 0 aliphatic rings. The standard InChI is InChI=1S/C14H16BrN5/c1-9-7-12(13(16)17)19-14(18-9)20(2)8-10-3-5-11(15)6-4-10/h3-7H,8H2,1-2H3,(H3,16,17). The molecule has 5 nitrogen and oxygen atoms in total. The van der Waals surface area contributed by atoms with E-state index >= 15 is 0 Å². The predicted molar refractivity (Wildman–Crippen MR) is 84.0 cm³/mol. The highest BCUT2D eigenvalue weighted by atomic mass is 79.9. The third-order valence-electron chi connectivity index (χ3n) is 2.79. The van der Waals surface area contributed by atoms with Crippen LogP contribution in [-0.4, -0.2) is 22.9 Å². The molecule has 1 aromatic heterocycles. The summed E-state index contributed by atoms with van der Waals surface area (Å²) in [5, 5.41) is 7.48. The Balaban J connectivity index is 2.22. The summed E-state index contributed by atoms with van der Waals surface area (Å²) in [7, 11) is 1.92. The summed E-state index contributed by atoms with van der Waals surface area (Å²) in [6, 6.07) is 9.80. The fourth-order valence-corrected chi connectivity index (χ4v) is 2.06. The molecule has 2 aromatic rings. The first-order chi connectivity index (χ1) is 9.45. The summed E-state index contributed by atoms with van der Waals surface area (Å²) in [6.07, 6.45) is 0. The number of nitrogen functional groups attached to an aromatic ring is 1. The molecule has 0 amide bonds. The molecule has 0 spiro atoms. The number of hydrogen-bond donors (Lipinski definition) is 2. The Hall–Kier alpha value is -1.95. The minimum Gasteiger partial charge on any atom is -0.382 e. The highest BCUT2D eigenvalue weighted by Crippen LogP contribution is 2.15. The van der Waals surface area contributed by atoms with Gasteiger partial charge in [-0.15, -0.1) is 0 Å². The van der Waals surface area contributed by atoms with Gasteiger partial charge < -0.3 is 10.6 Å². The molecular formula is C14H16BrN5. The fraction of sp³-hybridized carbons (Fsp3) is 0.214. The number of nitrogens with two attached hydrogens (primary N) is 1. The van der Waals surface area contributed by atoms with Crippen LogP contribution >= 0.6 is 15.9 Å². The Bertz CT molecular complexity index is 624. The normalized spacial score (nSPS) is 10.3. The summed E-state index contributed by atoms with van der Waals surface area (Å²) in [4.78, 5) is 10.6. The first-order valence-corrected chi connectivity index (χ1v) is 6.90. The second-order valence-electron chi connectivity index (χ2n) is 4.59. The van der Waals surface area contributed by atoms with E-state index < -0.39 is 0 Å². The molecule has 0 radical (unpaired) electrons. The van der Waals surface area contributed by atoms with Gasteiger partial charge in [-0.05, 0) is 30.7 Å². The maximum absolute atomic E-state index is 7.48. The molecule has 0 atom stereocenters. The van der Waals surface area contributed by atoms with E-state index in [4.69, 9.17) is 11.1 Å². The van der Waals surface area contributed by atoms with Gasteiger partial charge in [0.05, 0.1) is 0 Å². The van der Waals surface area contributed by atoms with Crippen molar-refractivity contribution in [3.8, 4) is 0 Å². The van der Waals surface area contributed by atoms with Crippen molar-refractivity contribution in [3.05, 3.63) is 51.8 Å². The number of benzene rings is 1. The van der Waals surface area contributed by atoms with Crippen molar-refractivity contribution in [2.24, 2.45) is 5.73 Å². The van der Waals surface area contributed by atoms with Crippen molar-refractivity contribution >= 4 is 27.7 Å². The number of rotatable bonds is 4. The zero-order chi connectivity index (χ0) is 14.7. The van der Waals surface area contributed by atoms with Crippen molar-refractivity contribution in [1.82, 2.24) is 9.97 Å². The van der Waals surface area contributed by atoms with Gasteiger partial charge in [0, 0.05) is 23.8 Å². The lowest BCUT2D eigenvalue weighted by molar-refractivity contribution is 0.857. The van der Waals surface area contributed by atoms with Crippen LogP contribution in [0.3, 0.4) is 0 Å². The smallest absolute Gasteiger partial charge is 0.226 e. The van der Waals surface area contributed by atoms with E-state index in [1.54, 1.807) is 6.07 Å². The van der Waals surface area contributed by atoms with Crippen molar-refractivity contribution < 1.29 is 0 Å². The average molecular weight is 334 g/mol. The zero-order valence-electron chi connectivity index (χ0n) is 11.4. The third-order valence-corrected chi connectivity index (χ3v) is 3.32. The van der Waals surface area contributed by atoms with Crippen LogP contribution in [0.2, 0.25) is 0 Å². The summed E-state index contributed by atoms with van der Waals surface area (Å²) < 4.78 is 1.05. The molecule has 1 heterocycles. The summed E-state index contributed by atoms with van der Waals surface area (Å²) in [5.41, 5.74) is 7.90. The maximum Gasteiger partial charge on any atom is 0.226 e. The van der Waals surface area contributed by atoms with Crippen LogP contribution < -0.4 is 10.6 Å². The van der Waals surface area contributed by atoms with Crippen LogP contribution in [0.1, 0.15) is 17.0 Å². The lowest BCUT2D eigenvalue weighted by atomic mass is 10.2. The summed E-state index contributed by atoms with van der Waals surface area (Å²) >= 11 is 3.42. The molecule has 1 aromatic carbocycles. The Morgan fingerprint density at radius 3 is 2.55 bits per heavy atom. The van der Waals surface area contributed by atoms with Crippen LogP contribution in [0.15, 0.2) is 34.8 Å². The van der Waals surface area contributed by atoms with Crippen LogP contribution in [0.5, 0.6) is 0 Å². The molecule has 2 rings (SSSR count). The SMILES string of the molecule is Cc1cc(C(=N)N)nc(N(C)Cc2ccc(Br)cc2)n1. The van der Waals surface area contributed by atoms with E-state index in [0.717, 1.165) is 15.7 Å². The number of nitrogens with one attached hydrogen (secondary N) is 1. The zero-order valence-corrected chi connectivity index (χ0v) is 13.0. The minimum atomic E-state index is -0.0474. The van der Waals surface area contributed by atoms with E-state index in [2.05, 4.69) is 25.9 Å². The Morgan fingerprint density at radius 1 is 1.30 bits per heavy atom. The van der Waals surface area contributed by atoms with Crippen molar-refractivity contribution in [1.29, 1.82) is 5.41 Å². The lowest BCUT2D eigenvalue weighted by Crippen LogP contribution is -2.22. The minimum absolute atomic E-state index is 0.0474. The molecule has 0 saturated carbocycles. The quantitative estimate of drug-likeness (QED) is 0.665. The second kappa shape index (κ2) is 6.00. The van der Waals surface area contributed by atoms with Gasteiger partial charge in [-0.1, -0.05) is 28.1 Å². The number of aryl methyl sites for hydroxylation is 1. The molecule has 0 bridgehead atoms. The van der Waals surface area contributed by atoms with Gasteiger partial charge in [-0.25, -0.2) is 9.97 Å². The van der Waals surface area contributed by atoms with Crippen LogP contribution in [0.4, 0.5) is 5.95 Å². The van der Waals surface area contributed by atoms with Gasteiger partial charge in [0.2, 0.25) is 5.95 Å². The molecule has 20 heavy (non-hydrogen) atoms. The molecule has 0 aliphatic carbocycles. The molecule has 0 unspecified atom stereocenters. The highest BCUT2D eigenvalue weighted by Gasteiger charge is 2.09. The molecule has 0 fully saturated rings. The van der Waals surface area contributed by atoms with E-state index in [0.29, 0.717) is 18.2 Å². The third kappa shape index (κ3) is 3.54. The first-order valence-electron chi connectivity index (χ1n) is 6.11. The molecule has 6 heteroatoms. The molecule has 0 aliphatic heterocycles. The van der Waals surface area contributed by atoms with Crippen LogP contribution in [0.25, 0.3) is 0 Å². The van der Waals surface area contributed by atoms with Gasteiger partial charge in [0.25, 0.3) is 0 Å². The number of amidine groups is 1. The van der Waals surface area contributed by atoms with E-state index in [1.165, 1.54) is 0 Å². The molecule has 3 N–H and O–H groups in total. The maximum atomic E-state index is 7.48. The largest absolute Gasteiger partial charge is 0.382 e. The molecule has 0 saturated heterocycles. The first kappa shape index (κ1) is 14.5. The Kier molecular flexibility index (Phi) is 4.34. The monoisotopic (exact) mass is 333 g/mol. The summed E-state index contributed by atoms with van der Waals surface area (Å²) in [5.74, 6) is 0.520. The van der Waals surface area contributed by atoms with E-state index in [-0.39, 0.29) is 5.84 Å². The van der Waals surface area contributed by atoms with Gasteiger partial charge in [0.1, 0.15) is 11.5 Å². The van der Waals surface area contributed by atoms with Crippen LogP contribution in [-0.2, 0) is 6.54 Å². The number of aromatic nitrogens is 2. The van der Waals surface area contributed by atoms with Gasteiger partial charge in [-0.3, -0.25) is 5.41 Å². The Labute approximate surface area is 126 Å². The van der Waals surface area contributed by atoms with Crippen molar-refractivity contribution in [3.63, 3.8) is 0 Å². The van der Waals surface area contributed by atoms with E-state index in [9.17, 15) is 0 Å². The average Bonchev–Trinajstić information content (AvgIpc) is 2.40. The van der Waals surface area contributed by atoms with Crippen molar-refractivity contribution in [2.75, 3.05) is 11.9 Å². The lowest BCUT2D eigenvalue weighted by Gasteiger charge is -2.18. The number of halogens is 1. The summed E-state index contributed by atoms with van der Waals surface area (Å²) in [6.45, 7) is 2.55. The molecule has 104 valence electrons. The van der Waals surface area contributed by atoms with Gasteiger partial charge >= 0.3 is 0 Å². The van der Waals surface area contributed by atoms with Gasteiger partial charge in [-0.2, -0.15) is 0 Å².